The fraction of sp³-hybridized carbons (Fsp3) is 0.258. The van der Waals surface area contributed by atoms with Gasteiger partial charge in [0.25, 0.3) is 5.91 Å². The van der Waals surface area contributed by atoms with E-state index in [2.05, 4.69) is 26.0 Å². The molecule has 2 atom stereocenters. The van der Waals surface area contributed by atoms with Gasteiger partial charge in [-0.3, -0.25) is 14.9 Å². The number of nitrogens with one attached hydrogen (secondary N) is 3. The molecule has 0 saturated carbocycles. The van der Waals surface area contributed by atoms with Crippen LogP contribution in [-0.4, -0.2) is 43.7 Å². The standard InChI is InChI=1S/C31H29Cl2FN6O4/c1-17-4-2-7-25(37-30(42)24-16-40(39-26(24)10-11-32)21-6-3-5-19(33)13-21)23-12-18(15-35-28(23)34)22-9-8-20(36-31(43)44)14-27(22)38-29(17)41/h3,5-6,8-9,12-17,25,36H,2,4,7,10-11H2,1H3,(H,37,42)(H,38,41)(H,43,44)/t17?,25-/m0/s1. The Kier molecular flexibility index (Phi) is 9.46. The van der Waals surface area contributed by atoms with Crippen LogP contribution in [-0.2, 0) is 11.2 Å². The minimum absolute atomic E-state index is 0.176. The number of carboxylic acid groups (broad SMARTS) is 1. The van der Waals surface area contributed by atoms with Crippen molar-refractivity contribution in [2.24, 2.45) is 5.92 Å². The first kappa shape index (κ1) is 31.0. The fourth-order valence-corrected chi connectivity index (χ4v) is 5.50. The molecule has 0 fully saturated rings. The second kappa shape index (κ2) is 13.4. The Morgan fingerprint density at radius 2 is 2.00 bits per heavy atom. The van der Waals surface area contributed by atoms with Gasteiger partial charge >= 0.3 is 6.09 Å². The summed E-state index contributed by atoms with van der Waals surface area (Å²) in [7, 11) is 0. The van der Waals surface area contributed by atoms with Gasteiger partial charge in [-0.2, -0.15) is 9.49 Å². The highest BCUT2D eigenvalue weighted by molar-refractivity contribution is 6.30. The van der Waals surface area contributed by atoms with Crippen molar-refractivity contribution in [1.82, 2.24) is 20.1 Å². The Labute approximate surface area is 262 Å². The zero-order valence-electron chi connectivity index (χ0n) is 23.6. The monoisotopic (exact) mass is 638 g/mol. The van der Waals surface area contributed by atoms with Crippen molar-refractivity contribution >= 4 is 52.5 Å². The largest absolute Gasteiger partial charge is 0.465 e. The third kappa shape index (κ3) is 7.00. The second-order valence-electron chi connectivity index (χ2n) is 10.5. The number of rotatable bonds is 6. The summed E-state index contributed by atoms with van der Waals surface area (Å²) in [6.07, 6.45) is 3.29. The van der Waals surface area contributed by atoms with Gasteiger partial charge in [-0.1, -0.05) is 37.1 Å². The van der Waals surface area contributed by atoms with E-state index in [1.165, 1.54) is 18.3 Å². The van der Waals surface area contributed by atoms with Gasteiger partial charge in [-0.15, -0.1) is 11.6 Å². The molecule has 0 saturated heterocycles. The van der Waals surface area contributed by atoms with Crippen LogP contribution >= 0.6 is 23.2 Å². The topological polar surface area (TPSA) is 138 Å². The maximum atomic E-state index is 15.4. The Bertz CT molecular complexity index is 1730. The van der Waals surface area contributed by atoms with Crippen LogP contribution < -0.4 is 16.0 Å². The van der Waals surface area contributed by atoms with Gasteiger partial charge in [0, 0.05) is 58.0 Å². The summed E-state index contributed by atoms with van der Waals surface area (Å²) in [5.41, 5.74) is 3.18. The van der Waals surface area contributed by atoms with Crippen LogP contribution in [0.25, 0.3) is 16.8 Å². The molecule has 2 aromatic carbocycles. The molecule has 10 nitrogen and oxygen atoms in total. The van der Waals surface area contributed by atoms with E-state index in [9.17, 15) is 14.4 Å². The molecule has 0 radical (unpaired) electrons. The lowest BCUT2D eigenvalue weighted by Gasteiger charge is -2.23. The summed E-state index contributed by atoms with van der Waals surface area (Å²) < 4.78 is 16.9. The predicted octanol–water partition coefficient (Wildman–Crippen LogP) is 6.83. The van der Waals surface area contributed by atoms with E-state index < -0.39 is 29.9 Å². The van der Waals surface area contributed by atoms with Gasteiger partial charge in [0.2, 0.25) is 11.9 Å². The van der Waals surface area contributed by atoms with Gasteiger partial charge in [0.15, 0.2) is 0 Å². The number of carbonyl (C=O) groups is 3. The van der Waals surface area contributed by atoms with Gasteiger partial charge in [0.1, 0.15) is 0 Å². The SMILES string of the molecule is CC1CCC[C@H](NC(=O)c2cn(-c3cccc(Cl)c3)nc2CCCl)c2cc(cnc2F)-c2ccc(NC(=O)O)cc2NC1=O. The summed E-state index contributed by atoms with van der Waals surface area (Å²) in [6, 6.07) is 12.5. The van der Waals surface area contributed by atoms with E-state index in [0.717, 1.165) is 0 Å². The number of fused-ring (bicyclic) bond motifs is 4. The van der Waals surface area contributed by atoms with Crippen LogP contribution in [0.3, 0.4) is 0 Å². The number of nitrogens with zero attached hydrogens (tertiary/aromatic N) is 3. The molecule has 1 aliphatic heterocycles. The van der Waals surface area contributed by atoms with Crippen molar-refractivity contribution in [1.29, 1.82) is 0 Å². The molecule has 1 aliphatic rings. The number of aryl methyl sites for hydroxylation is 1. The number of amides is 3. The third-order valence-corrected chi connectivity index (χ3v) is 7.83. The van der Waals surface area contributed by atoms with E-state index in [-0.39, 0.29) is 28.6 Å². The number of carbonyl (C=O) groups excluding carboxylic acids is 2. The quantitative estimate of drug-likeness (QED) is 0.135. The van der Waals surface area contributed by atoms with E-state index >= 15 is 4.39 Å². The summed E-state index contributed by atoms with van der Waals surface area (Å²) in [5.74, 6) is -1.64. The van der Waals surface area contributed by atoms with Gasteiger partial charge in [0.05, 0.1) is 28.7 Å². The Morgan fingerprint density at radius 3 is 2.75 bits per heavy atom. The maximum absolute atomic E-state index is 15.4. The normalized spacial score (nSPS) is 16.6. The van der Waals surface area contributed by atoms with Crippen molar-refractivity contribution in [3.05, 3.63) is 88.7 Å². The number of benzene rings is 2. The van der Waals surface area contributed by atoms with E-state index in [1.807, 2.05) is 0 Å². The number of pyridine rings is 1. The fourth-order valence-electron chi connectivity index (χ4n) is 5.14. The molecule has 2 bridgehead atoms. The first-order valence-corrected chi connectivity index (χ1v) is 14.9. The lowest BCUT2D eigenvalue weighted by molar-refractivity contribution is -0.119. The van der Waals surface area contributed by atoms with Crippen LogP contribution in [0.4, 0.5) is 20.6 Å². The molecule has 5 rings (SSSR count). The number of aromatic nitrogens is 3. The first-order chi connectivity index (χ1) is 21.1. The van der Waals surface area contributed by atoms with Crippen LogP contribution in [0.5, 0.6) is 0 Å². The van der Waals surface area contributed by atoms with Crippen molar-refractivity contribution in [3.8, 4) is 16.8 Å². The average Bonchev–Trinajstić information content (AvgIpc) is 3.41. The Morgan fingerprint density at radius 1 is 1.18 bits per heavy atom. The first-order valence-electron chi connectivity index (χ1n) is 13.9. The molecule has 228 valence electrons. The molecule has 0 aliphatic carbocycles. The molecular weight excluding hydrogens is 610 g/mol. The highest BCUT2D eigenvalue weighted by atomic mass is 35.5. The number of anilines is 2. The Hall–Kier alpha value is -4.48. The average molecular weight is 640 g/mol. The molecule has 44 heavy (non-hydrogen) atoms. The number of halogens is 3. The molecule has 4 aromatic rings. The van der Waals surface area contributed by atoms with Crippen LogP contribution in [0.1, 0.15) is 53.8 Å². The van der Waals surface area contributed by atoms with E-state index in [4.69, 9.17) is 28.3 Å². The van der Waals surface area contributed by atoms with E-state index in [0.29, 0.717) is 58.9 Å². The van der Waals surface area contributed by atoms with Crippen molar-refractivity contribution < 1.29 is 23.9 Å². The van der Waals surface area contributed by atoms with E-state index in [1.54, 1.807) is 54.2 Å². The molecule has 13 heteroatoms. The third-order valence-electron chi connectivity index (χ3n) is 7.40. The lowest BCUT2D eigenvalue weighted by atomic mass is 9.93. The molecule has 3 heterocycles. The summed E-state index contributed by atoms with van der Waals surface area (Å²) in [5, 5.41) is 22.4. The highest BCUT2D eigenvalue weighted by Gasteiger charge is 2.26. The number of alkyl halides is 1. The minimum Gasteiger partial charge on any atom is -0.465 e. The zero-order chi connectivity index (χ0) is 31.4. The second-order valence-corrected chi connectivity index (χ2v) is 11.3. The lowest BCUT2D eigenvalue weighted by Crippen LogP contribution is -2.30. The predicted molar refractivity (Wildman–Crippen MR) is 166 cm³/mol. The highest BCUT2D eigenvalue weighted by Crippen LogP contribution is 2.35. The molecule has 3 amide bonds. The van der Waals surface area contributed by atoms with Gasteiger partial charge in [-0.05, 0) is 49.2 Å². The maximum Gasteiger partial charge on any atom is 0.409 e. The molecular formula is C31H29Cl2FN6O4. The van der Waals surface area contributed by atoms with Crippen molar-refractivity contribution in [2.75, 3.05) is 16.5 Å². The summed E-state index contributed by atoms with van der Waals surface area (Å²) in [4.78, 5) is 42.0. The summed E-state index contributed by atoms with van der Waals surface area (Å²) in [6.45, 7) is 1.78. The molecule has 2 aromatic heterocycles. The minimum atomic E-state index is -1.26. The summed E-state index contributed by atoms with van der Waals surface area (Å²) >= 11 is 12.2. The number of hydrogen-bond acceptors (Lipinski definition) is 5. The van der Waals surface area contributed by atoms with Crippen LogP contribution in [0, 0.1) is 11.9 Å². The van der Waals surface area contributed by atoms with Crippen LogP contribution in [0.2, 0.25) is 5.02 Å². The van der Waals surface area contributed by atoms with Crippen LogP contribution in [0.15, 0.2) is 60.9 Å². The van der Waals surface area contributed by atoms with Gasteiger partial charge < -0.3 is 15.7 Å². The molecule has 0 spiro atoms. The van der Waals surface area contributed by atoms with Gasteiger partial charge in [-0.25, -0.2) is 14.5 Å². The zero-order valence-corrected chi connectivity index (χ0v) is 25.1. The molecule has 4 N–H and O–H groups in total. The smallest absolute Gasteiger partial charge is 0.409 e. The number of hydrogen-bond donors (Lipinski definition) is 4. The van der Waals surface area contributed by atoms with Crippen molar-refractivity contribution in [2.45, 2.75) is 38.6 Å². The molecule has 1 unspecified atom stereocenters. The van der Waals surface area contributed by atoms with Crippen molar-refractivity contribution in [3.63, 3.8) is 0 Å². The Balaban J connectivity index is 1.53.